The quantitative estimate of drug-likeness (QED) is 0.708. The van der Waals surface area contributed by atoms with Crippen molar-refractivity contribution in [1.82, 2.24) is 0 Å². The number of aryl methyl sites for hydroxylation is 1. The Morgan fingerprint density at radius 1 is 0.923 bits per heavy atom. The van der Waals surface area contributed by atoms with Gasteiger partial charge in [-0.1, -0.05) is 42.0 Å². The van der Waals surface area contributed by atoms with Crippen molar-refractivity contribution in [2.75, 3.05) is 19.0 Å². The van der Waals surface area contributed by atoms with Crippen molar-refractivity contribution in [1.29, 1.82) is 0 Å². The summed E-state index contributed by atoms with van der Waals surface area (Å²) >= 11 is 0. The van der Waals surface area contributed by atoms with Gasteiger partial charge in [-0.15, -0.1) is 0 Å². The number of methoxy groups -OCH3 is 1. The van der Waals surface area contributed by atoms with Crippen LogP contribution in [0.2, 0.25) is 0 Å². The molecule has 0 radical (unpaired) electrons. The van der Waals surface area contributed by atoms with Crippen molar-refractivity contribution < 1.29 is 19.1 Å². The summed E-state index contributed by atoms with van der Waals surface area (Å²) in [6, 6.07) is 18.1. The average Bonchev–Trinajstić information content (AvgIpc) is 2.67. The van der Waals surface area contributed by atoms with Gasteiger partial charge in [0.1, 0.15) is 5.75 Å². The van der Waals surface area contributed by atoms with Gasteiger partial charge in [-0.25, -0.2) is 4.79 Å². The highest BCUT2D eigenvalue weighted by Gasteiger charge is 2.15. The first-order chi connectivity index (χ1) is 12.6. The average molecular weight is 349 g/mol. The number of hydrogen-bond donors (Lipinski definition) is 1. The number of esters is 1. The van der Waals surface area contributed by atoms with Crippen molar-refractivity contribution in [3.05, 3.63) is 71.8 Å². The number of ether oxygens (including phenoxy) is 2. The molecule has 0 spiro atoms. The van der Waals surface area contributed by atoms with Crippen molar-refractivity contribution in [3.8, 4) is 5.75 Å². The molecule has 0 aromatic heterocycles. The van der Waals surface area contributed by atoms with E-state index in [1.807, 2.05) is 43.3 Å². The predicted molar refractivity (Wildman–Crippen MR) is 101 cm³/mol. The van der Waals surface area contributed by atoms with E-state index in [-0.39, 0.29) is 12.5 Å². The molecule has 132 valence electrons. The summed E-state index contributed by atoms with van der Waals surface area (Å²) in [6.07, 6.45) is 0. The van der Waals surface area contributed by atoms with Crippen LogP contribution in [0.1, 0.15) is 15.9 Å². The normalized spacial score (nSPS) is 10.4. The number of carbonyl (C=O) groups is 2. The van der Waals surface area contributed by atoms with Crippen LogP contribution < -0.4 is 10.1 Å². The Morgan fingerprint density at radius 2 is 1.62 bits per heavy atom. The van der Waals surface area contributed by atoms with Crippen LogP contribution in [0.15, 0.2) is 60.7 Å². The van der Waals surface area contributed by atoms with Crippen molar-refractivity contribution in [2.45, 2.75) is 6.92 Å². The molecule has 0 bridgehead atoms. The van der Waals surface area contributed by atoms with Gasteiger partial charge in [-0.3, -0.25) is 4.79 Å². The number of fused-ring (bicyclic) bond motifs is 1. The van der Waals surface area contributed by atoms with Crippen molar-refractivity contribution >= 4 is 28.3 Å². The zero-order valence-electron chi connectivity index (χ0n) is 14.6. The summed E-state index contributed by atoms with van der Waals surface area (Å²) < 4.78 is 10.5. The Kier molecular flexibility index (Phi) is 5.17. The highest BCUT2D eigenvalue weighted by molar-refractivity contribution is 6.07. The second-order valence-corrected chi connectivity index (χ2v) is 5.85. The molecule has 0 aliphatic heterocycles. The lowest BCUT2D eigenvalue weighted by atomic mass is 10.0. The zero-order valence-corrected chi connectivity index (χ0v) is 14.6. The van der Waals surface area contributed by atoms with Crippen LogP contribution in [0, 0.1) is 6.92 Å². The Hall–Kier alpha value is -3.34. The maximum absolute atomic E-state index is 12.4. The molecule has 0 aliphatic carbocycles. The van der Waals surface area contributed by atoms with Gasteiger partial charge in [0.25, 0.3) is 5.91 Å². The highest BCUT2D eigenvalue weighted by atomic mass is 16.5. The summed E-state index contributed by atoms with van der Waals surface area (Å²) in [5.74, 6) is -0.266. The molecule has 0 unspecified atom stereocenters. The van der Waals surface area contributed by atoms with Gasteiger partial charge < -0.3 is 14.8 Å². The molecule has 0 fully saturated rings. The number of carbonyl (C=O) groups excluding carboxylic acids is 2. The smallest absolute Gasteiger partial charge is 0.339 e. The second kappa shape index (κ2) is 7.70. The largest absolute Gasteiger partial charge is 0.496 e. The van der Waals surface area contributed by atoms with Crippen molar-refractivity contribution in [3.63, 3.8) is 0 Å². The third-order valence-electron chi connectivity index (χ3n) is 3.99. The zero-order chi connectivity index (χ0) is 18.5. The van der Waals surface area contributed by atoms with E-state index in [1.165, 1.54) is 0 Å². The summed E-state index contributed by atoms with van der Waals surface area (Å²) in [5.41, 5.74) is 2.15. The molecule has 0 atom stereocenters. The van der Waals surface area contributed by atoms with E-state index in [2.05, 4.69) is 5.32 Å². The molecular weight excluding hydrogens is 330 g/mol. The van der Waals surface area contributed by atoms with E-state index in [4.69, 9.17) is 9.47 Å². The Labute approximate surface area is 151 Å². The number of hydrogen-bond acceptors (Lipinski definition) is 4. The van der Waals surface area contributed by atoms with Crippen LogP contribution in [-0.2, 0) is 9.53 Å². The lowest BCUT2D eigenvalue weighted by molar-refractivity contribution is -0.119. The molecule has 0 saturated heterocycles. The van der Waals surface area contributed by atoms with Crippen LogP contribution in [-0.4, -0.2) is 25.6 Å². The van der Waals surface area contributed by atoms with Crippen LogP contribution in [0.5, 0.6) is 5.75 Å². The summed E-state index contributed by atoms with van der Waals surface area (Å²) in [7, 11) is 1.58. The molecule has 0 heterocycles. The molecule has 0 saturated carbocycles. The fourth-order valence-corrected chi connectivity index (χ4v) is 2.67. The lowest BCUT2D eigenvalue weighted by Crippen LogP contribution is -2.21. The topological polar surface area (TPSA) is 64.6 Å². The summed E-state index contributed by atoms with van der Waals surface area (Å²) in [4.78, 5) is 24.4. The second-order valence-electron chi connectivity index (χ2n) is 5.85. The fraction of sp³-hybridized carbons (Fsp3) is 0.143. The van der Waals surface area contributed by atoms with Gasteiger partial charge in [-0.2, -0.15) is 0 Å². The minimum Gasteiger partial charge on any atom is -0.496 e. The molecule has 26 heavy (non-hydrogen) atoms. The van der Waals surface area contributed by atoms with Crippen LogP contribution in [0.25, 0.3) is 10.8 Å². The molecule has 1 N–H and O–H groups in total. The molecule has 3 aromatic rings. The van der Waals surface area contributed by atoms with E-state index in [0.717, 1.165) is 16.3 Å². The van der Waals surface area contributed by atoms with E-state index in [0.29, 0.717) is 17.0 Å². The van der Waals surface area contributed by atoms with Gasteiger partial charge >= 0.3 is 5.97 Å². The molecule has 1 amide bonds. The maximum Gasteiger partial charge on any atom is 0.339 e. The maximum atomic E-state index is 12.4. The molecule has 3 aromatic carbocycles. The van der Waals surface area contributed by atoms with Crippen LogP contribution in [0.4, 0.5) is 5.69 Å². The van der Waals surface area contributed by atoms with E-state index in [9.17, 15) is 9.59 Å². The van der Waals surface area contributed by atoms with Gasteiger partial charge in [0, 0.05) is 11.1 Å². The van der Waals surface area contributed by atoms with E-state index in [1.54, 1.807) is 31.4 Å². The molecular formula is C21H19NO4. The first kappa shape index (κ1) is 17.5. The first-order valence-corrected chi connectivity index (χ1v) is 8.18. The standard InChI is InChI=1S/C21H19NO4/c1-14-7-9-15(10-8-14)22-20(23)13-26-21(24)18-11-12-19(25-2)17-6-4-3-5-16(17)18/h3-12H,13H2,1-2H3,(H,22,23). The predicted octanol–water partition coefficient (Wildman–Crippen LogP) is 3.95. The Bertz CT molecular complexity index is 948. The number of amides is 1. The van der Waals surface area contributed by atoms with Gasteiger partial charge in [-0.05, 0) is 36.6 Å². The van der Waals surface area contributed by atoms with E-state index < -0.39 is 5.97 Å². The Balaban J connectivity index is 1.69. The number of rotatable bonds is 5. The van der Waals surface area contributed by atoms with Crippen molar-refractivity contribution in [2.24, 2.45) is 0 Å². The van der Waals surface area contributed by atoms with E-state index >= 15 is 0 Å². The minimum atomic E-state index is -0.553. The molecule has 5 nitrogen and oxygen atoms in total. The number of anilines is 1. The Morgan fingerprint density at radius 3 is 2.31 bits per heavy atom. The lowest BCUT2D eigenvalue weighted by Gasteiger charge is -2.10. The minimum absolute atomic E-state index is 0.354. The summed E-state index contributed by atoms with van der Waals surface area (Å²) in [6.45, 7) is 1.61. The van der Waals surface area contributed by atoms with Gasteiger partial charge in [0.15, 0.2) is 6.61 Å². The first-order valence-electron chi connectivity index (χ1n) is 8.18. The number of nitrogens with one attached hydrogen (secondary N) is 1. The number of benzene rings is 3. The fourth-order valence-electron chi connectivity index (χ4n) is 2.67. The third-order valence-corrected chi connectivity index (χ3v) is 3.99. The molecule has 5 heteroatoms. The molecule has 3 rings (SSSR count). The molecule has 0 aliphatic rings. The van der Waals surface area contributed by atoms with Crippen LogP contribution >= 0.6 is 0 Å². The van der Waals surface area contributed by atoms with Gasteiger partial charge in [0.2, 0.25) is 0 Å². The highest BCUT2D eigenvalue weighted by Crippen LogP contribution is 2.28. The summed E-state index contributed by atoms with van der Waals surface area (Å²) in [5, 5.41) is 4.23. The van der Waals surface area contributed by atoms with Crippen LogP contribution in [0.3, 0.4) is 0 Å². The van der Waals surface area contributed by atoms with Gasteiger partial charge in [0.05, 0.1) is 12.7 Å². The third kappa shape index (κ3) is 3.83. The SMILES string of the molecule is COc1ccc(C(=O)OCC(=O)Nc2ccc(C)cc2)c2ccccc12. The monoisotopic (exact) mass is 349 g/mol.